The van der Waals surface area contributed by atoms with Crippen LogP contribution in [0, 0.1) is 0 Å². The van der Waals surface area contributed by atoms with E-state index in [-0.39, 0.29) is 0 Å². The van der Waals surface area contributed by atoms with Crippen molar-refractivity contribution in [3.63, 3.8) is 0 Å². The maximum absolute atomic E-state index is 6.32. The number of piperidine rings is 1. The monoisotopic (exact) mass is 416 g/mol. The Balaban J connectivity index is 1.52. The molecular formula is C24H28N6O. The summed E-state index contributed by atoms with van der Waals surface area (Å²) >= 11 is 0. The summed E-state index contributed by atoms with van der Waals surface area (Å²) in [6, 6.07) is 12.7. The third kappa shape index (κ3) is 3.70. The van der Waals surface area contributed by atoms with Crippen molar-refractivity contribution in [1.82, 2.24) is 24.6 Å². The number of nitrogen functional groups attached to an aromatic ring is 1. The minimum atomic E-state index is 0.344. The highest BCUT2D eigenvalue weighted by atomic mass is 16.5. The first-order chi connectivity index (χ1) is 15.2. The second kappa shape index (κ2) is 8.15. The van der Waals surface area contributed by atoms with Crippen molar-refractivity contribution in [3.8, 4) is 17.1 Å². The number of rotatable bonds is 5. The number of hydrogen-bond acceptors (Lipinski definition) is 6. The van der Waals surface area contributed by atoms with E-state index in [4.69, 9.17) is 15.5 Å². The molecule has 1 saturated heterocycles. The van der Waals surface area contributed by atoms with E-state index in [2.05, 4.69) is 50.9 Å². The highest BCUT2D eigenvalue weighted by Gasteiger charge is 2.23. The predicted molar refractivity (Wildman–Crippen MR) is 124 cm³/mol. The van der Waals surface area contributed by atoms with Crippen LogP contribution in [0.2, 0.25) is 0 Å². The summed E-state index contributed by atoms with van der Waals surface area (Å²) in [4.78, 5) is 12.0. The first-order valence-corrected chi connectivity index (χ1v) is 11.1. The summed E-state index contributed by atoms with van der Waals surface area (Å²) < 4.78 is 7.67. The van der Waals surface area contributed by atoms with Crippen LogP contribution in [0.4, 0.5) is 5.82 Å². The number of likely N-dealkylation sites (tertiary alicyclic amines) is 1. The molecule has 7 heteroatoms. The van der Waals surface area contributed by atoms with Crippen molar-refractivity contribution in [2.45, 2.75) is 32.7 Å². The first kappa shape index (κ1) is 19.8. The van der Waals surface area contributed by atoms with Gasteiger partial charge < -0.3 is 15.4 Å². The molecule has 0 bridgehead atoms. The van der Waals surface area contributed by atoms with Crippen LogP contribution >= 0.6 is 0 Å². The van der Waals surface area contributed by atoms with Crippen molar-refractivity contribution in [2.24, 2.45) is 0 Å². The molecule has 2 N–H and O–H groups in total. The Morgan fingerprint density at radius 1 is 1.03 bits per heavy atom. The number of nitrogens with zero attached hydrogens (tertiary/aromatic N) is 5. The standard InChI is InChI=1S/C24H28N6O/c1-3-29-11-9-19(10-12-29)30-24-21(15-26-30)22(25)27-23(28-24)18-6-5-17-14-20(31-4-2)8-7-16(17)13-18/h5-8,13-15,19H,3-4,9-12H2,1-2H3,(H2,25,27,28). The molecule has 7 nitrogen and oxygen atoms in total. The van der Waals surface area contributed by atoms with Crippen LogP contribution in [0.15, 0.2) is 42.6 Å². The summed E-state index contributed by atoms with van der Waals surface area (Å²) in [5.74, 6) is 1.99. The molecule has 160 valence electrons. The number of fused-ring (bicyclic) bond motifs is 2. The average molecular weight is 417 g/mol. The molecule has 31 heavy (non-hydrogen) atoms. The van der Waals surface area contributed by atoms with Crippen LogP contribution in [0.5, 0.6) is 5.75 Å². The van der Waals surface area contributed by atoms with Gasteiger partial charge in [-0.2, -0.15) is 5.10 Å². The Labute approximate surface area is 181 Å². The lowest BCUT2D eigenvalue weighted by Gasteiger charge is -2.31. The minimum absolute atomic E-state index is 0.344. The molecule has 4 aromatic rings. The van der Waals surface area contributed by atoms with Crippen LogP contribution < -0.4 is 10.5 Å². The second-order valence-corrected chi connectivity index (χ2v) is 8.08. The van der Waals surface area contributed by atoms with E-state index in [1.807, 2.05) is 19.1 Å². The van der Waals surface area contributed by atoms with Crippen molar-refractivity contribution >= 4 is 27.6 Å². The van der Waals surface area contributed by atoms with Crippen LogP contribution in [0.25, 0.3) is 33.2 Å². The molecule has 1 aliphatic heterocycles. The maximum Gasteiger partial charge on any atom is 0.164 e. The summed E-state index contributed by atoms with van der Waals surface area (Å²) in [5, 5.41) is 7.70. The Hall–Kier alpha value is -3.19. The molecule has 0 radical (unpaired) electrons. The van der Waals surface area contributed by atoms with Gasteiger partial charge in [0.2, 0.25) is 0 Å². The van der Waals surface area contributed by atoms with E-state index in [1.165, 1.54) is 0 Å². The van der Waals surface area contributed by atoms with Crippen LogP contribution in [0.1, 0.15) is 32.7 Å². The van der Waals surface area contributed by atoms with Gasteiger partial charge in [-0.25, -0.2) is 14.6 Å². The smallest absolute Gasteiger partial charge is 0.164 e. The quantitative estimate of drug-likeness (QED) is 0.523. The van der Waals surface area contributed by atoms with Crippen molar-refractivity contribution in [1.29, 1.82) is 0 Å². The van der Waals surface area contributed by atoms with Gasteiger partial charge in [0.25, 0.3) is 0 Å². The number of anilines is 1. The van der Waals surface area contributed by atoms with Crippen molar-refractivity contribution < 1.29 is 4.74 Å². The van der Waals surface area contributed by atoms with Crippen LogP contribution in [0.3, 0.4) is 0 Å². The molecule has 1 fully saturated rings. The zero-order chi connectivity index (χ0) is 21.4. The van der Waals surface area contributed by atoms with Crippen LogP contribution in [-0.4, -0.2) is 50.9 Å². The van der Waals surface area contributed by atoms with Gasteiger partial charge in [0, 0.05) is 18.7 Å². The predicted octanol–water partition coefficient (Wildman–Crippen LogP) is 4.28. The summed E-state index contributed by atoms with van der Waals surface area (Å²) in [6.45, 7) is 8.13. The fraction of sp³-hybridized carbons (Fsp3) is 0.375. The first-order valence-electron chi connectivity index (χ1n) is 11.1. The minimum Gasteiger partial charge on any atom is -0.494 e. The maximum atomic E-state index is 6.32. The number of ether oxygens (including phenoxy) is 1. The summed E-state index contributed by atoms with van der Waals surface area (Å²) in [6.07, 6.45) is 3.94. The fourth-order valence-electron chi connectivity index (χ4n) is 4.44. The molecule has 2 aromatic carbocycles. The second-order valence-electron chi connectivity index (χ2n) is 8.08. The van der Waals surface area contributed by atoms with Gasteiger partial charge in [0.05, 0.1) is 24.2 Å². The highest BCUT2D eigenvalue weighted by molar-refractivity contribution is 5.90. The lowest BCUT2D eigenvalue weighted by atomic mass is 10.1. The lowest BCUT2D eigenvalue weighted by molar-refractivity contribution is 0.189. The van der Waals surface area contributed by atoms with Gasteiger partial charge in [-0.3, -0.25) is 0 Å². The Bertz CT molecular complexity index is 1230. The zero-order valence-electron chi connectivity index (χ0n) is 18.1. The molecular weight excluding hydrogens is 388 g/mol. The van der Waals surface area contributed by atoms with E-state index < -0.39 is 0 Å². The molecule has 0 saturated carbocycles. The van der Waals surface area contributed by atoms with E-state index >= 15 is 0 Å². The van der Waals surface area contributed by atoms with E-state index in [0.717, 1.165) is 65.6 Å². The average Bonchev–Trinajstić information content (AvgIpc) is 3.23. The third-order valence-corrected chi connectivity index (χ3v) is 6.21. The topological polar surface area (TPSA) is 82.1 Å². The molecule has 0 unspecified atom stereocenters. The normalized spacial score (nSPS) is 15.7. The fourth-order valence-corrected chi connectivity index (χ4v) is 4.44. The van der Waals surface area contributed by atoms with Gasteiger partial charge in [-0.15, -0.1) is 0 Å². The van der Waals surface area contributed by atoms with Gasteiger partial charge in [-0.1, -0.05) is 25.1 Å². The summed E-state index contributed by atoms with van der Waals surface area (Å²) in [5.41, 5.74) is 8.08. The lowest BCUT2D eigenvalue weighted by Crippen LogP contribution is -2.34. The Morgan fingerprint density at radius 2 is 1.81 bits per heavy atom. The molecule has 5 rings (SSSR count). The SMILES string of the molecule is CCOc1ccc2cc(-c3nc(N)c4cnn(C5CCN(CC)CC5)c4n3)ccc2c1. The third-order valence-electron chi connectivity index (χ3n) is 6.21. The summed E-state index contributed by atoms with van der Waals surface area (Å²) in [7, 11) is 0. The van der Waals surface area contributed by atoms with Crippen molar-refractivity contribution in [3.05, 3.63) is 42.6 Å². The molecule has 2 aromatic heterocycles. The van der Waals surface area contributed by atoms with Gasteiger partial charge in [-0.05, 0) is 55.3 Å². The number of aromatic nitrogens is 4. The van der Waals surface area contributed by atoms with E-state index in [1.54, 1.807) is 6.20 Å². The van der Waals surface area contributed by atoms with Crippen molar-refractivity contribution in [2.75, 3.05) is 32.0 Å². The van der Waals surface area contributed by atoms with Gasteiger partial charge >= 0.3 is 0 Å². The highest BCUT2D eigenvalue weighted by Crippen LogP contribution is 2.30. The molecule has 0 aliphatic carbocycles. The molecule has 3 heterocycles. The van der Waals surface area contributed by atoms with Gasteiger partial charge in [0.1, 0.15) is 11.6 Å². The molecule has 0 atom stereocenters. The molecule has 0 spiro atoms. The van der Waals surface area contributed by atoms with Gasteiger partial charge in [0.15, 0.2) is 11.5 Å². The number of nitrogens with two attached hydrogens (primary N) is 1. The van der Waals surface area contributed by atoms with Crippen LogP contribution in [-0.2, 0) is 0 Å². The molecule has 0 amide bonds. The largest absolute Gasteiger partial charge is 0.494 e. The Kier molecular flexibility index (Phi) is 5.19. The van der Waals surface area contributed by atoms with E-state index in [0.29, 0.717) is 24.3 Å². The molecule has 1 aliphatic rings. The Morgan fingerprint density at radius 3 is 2.58 bits per heavy atom. The number of benzene rings is 2. The number of hydrogen-bond donors (Lipinski definition) is 1. The zero-order valence-corrected chi connectivity index (χ0v) is 18.1. The van der Waals surface area contributed by atoms with E-state index in [9.17, 15) is 0 Å².